The van der Waals surface area contributed by atoms with Crippen LogP contribution in [-0.2, 0) is 4.79 Å². The highest BCUT2D eigenvalue weighted by molar-refractivity contribution is 8.04. The van der Waals surface area contributed by atoms with Gasteiger partial charge in [-0.3, -0.25) is 9.59 Å². The predicted octanol–water partition coefficient (Wildman–Crippen LogP) is 3.61. The molecule has 5 rings (SSSR count). The third-order valence-corrected chi connectivity index (χ3v) is 8.45. The van der Waals surface area contributed by atoms with Crippen LogP contribution in [0.3, 0.4) is 0 Å². The maximum absolute atomic E-state index is 14.1. The molecule has 2 heterocycles. The number of amides is 2. The maximum Gasteiger partial charge on any atom is 0.264 e. The van der Waals surface area contributed by atoms with Crippen LogP contribution in [0.15, 0.2) is 52.3 Å². The Morgan fingerprint density at radius 2 is 1.82 bits per heavy atom. The monoisotopic (exact) mass is 480 g/mol. The Morgan fingerprint density at radius 1 is 1.09 bits per heavy atom. The molecule has 0 unspecified atom stereocenters. The van der Waals surface area contributed by atoms with Gasteiger partial charge < -0.3 is 14.7 Å². The fourth-order valence-corrected chi connectivity index (χ4v) is 6.44. The van der Waals surface area contributed by atoms with E-state index in [1.54, 1.807) is 41.1 Å². The van der Waals surface area contributed by atoms with Crippen molar-refractivity contribution >= 4 is 35.3 Å². The van der Waals surface area contributed by atoms with Gasteiger partial charge in [0.1, 0.15) is 5.82 Å². The Kier molecular flexibility index (Phi) is 6.75. The molecule has 2 amide bonds. The van der Waals surface area contributed by atoms with Gasteiger partial charge >= 0.3 is 0 Å². The number of likely N-dealkylation sites (N-methyl/N-ethyl adjacent to an activating group) is 1. The second kappa shape index (κ2) is 9.92. The number of rotatable bonds is 3. The maximum atomic E-state index is 14.1. The lowest BCUT2D eigenvalue weighted by Gasteiger charge is -2.38. The molecular formula is C27H31FN3O2S+. The summed E-state index contributed by atoms with van der Waals surface area (Å²) < 4.78 is 14.1. The van der Waals surface area contributed by atoms with Gasteiger partial charge in [-0.15, -0.1) is 0 Å². The zero-order valence-electron chi connectivity index (χ0n) is 19.6. The molecule has 2 fully saturated rings. The average Bonchev–Trinajstić information content (AvgIpc) is 2.88. The van der Waals surface area contributed by atoms with Crippen molar-refractivity contribution < 1.29 is 18.9 Å². The summed E-state index contributed by atoms with van der Waals surface area (Å²) in [6.07, 6.45) is 8.27. The minimum Gasteiger partial charge on any atom is -0.330 e. The first-order chi connectivity index (χ1) is 16.5. The van der Waals surface area contributed by atoms with Crippen LogP contribution in [0.5, 0.6) is 0 Å². The van der Waals surface area contributed by atoms with Crippen molar-refractivity contribution in [2.45, 2.75) is 43.0 Å². The normalized spacial score (nSPS) is 21.1. The van der Waals surface area contributed by atoms with E-state index in [0.717, 1.165) is 42.8 Å². The van der Waals surface area contributed by atoms with Crippen LogP contribution in [0.4, 0.5) is 10.1 Å². The van der Waals surface area contributed by atoms with E-state index in [2.05, 4.69) is 0 Å². The van der Waals surface area contributed by atoms with Gasteiger partial charge in [0.25, 0.3) is 11.8 Å². The second-order valence-electron chi connectivity index (χ2n) is 9.46. The highest BCUT2D eigenvalue weighted by Crippen LogP contribution is 2.42. The van der Waals surface area contributed by atoms with Crippen LogP contribution >= 0.6 is 11.8 Å². The number of thioether (sulfide) groups is 1. The van der Waals surface area contributed by atoms with Gasteiger partial charge in [0, 0.05) is 23.1 Å². The lowest BCUT2D eigenvalue weighted by Crippen LogP contribution is -3.18. The zero-order chi connectivity index (χ0) is 23.7. The molecule has 1 saturated carbocycles. The van der Waals surface area contributed by atoms with E-state index in [-0.39, 0.29) is 17.6 Å². The van der Waals surface area contributed by atoms with Crippen LogP contribution in [0.1, 0.15) is 48.0 Å². The first-order valence-electron chi connectivity index (χ1n) is 12.2. The number of nitrogens with zero attached hydrogens (tertiary/aromatic N) is 2. The summed E-state index contributed by atoms with van der Waals surface area (Å²) in [5.74, 6) is -0.526. The highest BCUT2D eigenvalue weighted by atomic mass is 32.2. The summed E-state index contributed by atoms with van der Waals surface area (Å²) >= 11 is 1.32. The van der Waals surface area contributed by atoms with Crippen molar-refractivity contribution in [1.82, 2.24) is 4.90 Å². The third kappa shape index (κ3) is 4.64. The van der Waals surface area contributed by atoms with Crippen molar-refractivity contribution in [2.24, 2.45) is 0 Å². The second-order valence-corrected chi connectivity index (χ2v) is 10.5. The molecule has 0 aromatic heterocycles. The topological polar surface area (TPSA) is 45.1 Å². The van der Waals surface area contributed by atoms with Gasteiger partial charge in [0.2, 0.25) is 0 Å². The molecule has 34 heavy (non-hydrogen) atoms. The number of fused-ring (bicyclic) bond motifs is 1. The van der Waals surface area contributed by atoms with Crippen LogP contribution in [0, 0.1) is 5.82 Å². The summed E-state index contributed by atoms with van der Waals surface area (Å²) in [6.45, 7) is 3.58. The fourth-order valence-electron chi connectivity index (χ4n) is 5.36. The number of hydrogen-bond acceptors (Lipinski definition) is 3. The number of halogens is 1. The number of quaternary nitrogens is 1. The molecule has 2 aromatic carbocycles. The van der Waals surface area contributed by atoms with E-state index in [0.29, 0.717) is 16.0 Å². The fraction of sp³-hybridized carbons (Fsp3) is 0.407. The lowest BCUT2D eigenvalue weighted by molar-refractivity contribution is -0.930. The van der Waals surface area contributed by atoms with Crippen LogP contribution in [0.2, 0.25) is 0 Å². The molecule has 2 aliphatic heterocycles. The summed E-state index contributed by atoms with van der Waals surface area (Å²) in [5, 5.41) is 0. The standard InChI is InChI=1S/C27H30FN3O2S/c1-29-23-17-20(26(32)31-15-13-30(14-16-31)21-8-3-2-4-9-21)11-12-24(23)34-25(27(29)33)18-19-7-5-6-10-22(19)28/h5-7,10-12,17-18,21H,2-4,8-9,13-16H2,1H3/p+1. The van der Waals surface area contributed by atoms with Gasteiger partial charge in [-0.25, -0.2) is 4.39 Å². The molecule has 0 spiro atoms. The Bertz CT molecular complexity index is 1120. The van der Waals surface area contributed by atoms with Crippen LogP contribution in [0.25, 0.3) is 6.08 Å². The number of nitrogens with one attached hydrogen (secondary N) is 1. The van der Waals surface area contributed by atoms with Gasteiger partial charge in [-0.2, -0.15) is 0 Å². The van der Waals surface area contributed by atoms with Crippen molar-refractivity contribution in [3.8, 4) is 0 Å². The van der Waals surface area contributed by atoms with Crippen molar-refractivity contribution in [3.05, 3.63) is 64.3 Å². The minimum absolute atomic E-state index is 0.0315. The molecule has 178 valence electrons. The molecule has 0 bridgehead atoms. The summed E-state index contributed by atoms with van der Waals surface area (Å²) in [7, 11) is 1.70. The van der Waals surface area contributed by atoms with Crippen LogP contribution in [-0.4, -0.2) is 56.0 Å². The van der Waals surface area contributed by atoms with Gasteiger partial charge in [0.05, 0.1) is 42.8 Å². The summed E-state index contributed by atoms with van der Waals surface area (Å²) in [5.41, 5.74) is 1.72. The Labute approximate surface area is 204 Å². The van der Waals surface area contributed by atoms with Gasteiger partial charge in [-0.05, 0) is 56.0 Å². The minimum atomic E-state index is -0.358. The van der Waals surface area contributed by atoms with Crippen molar-refractivity contribution in [2.75, 3.05) is 38.1 Å². The Morgan fingerprint density at radius 3 is 2.56 bits per heavy atom. The third-order valence-electron chi connectivity index (χ3n) is 7.37. The summed E-state index contributed by atoms with van der Waals surface area (Å²) in [4.78, 5) is 32.8. The van der Waals surface area contributed by atoms with E-state index in [1.807, 2.05) is 23.1 Å². The van der Waals surface area contributed by atoms with Crippen molar-refractivity contribution in [1.29, 1.82) is 0 Å². The number of carbonyl (C=O) groups is 2. The quantitative estimate of drug-likeness (QED) is 0.683. The van der Waals surface area contributed by atoms with Crippen LogP contribution < -0.4 is 9.80 Å². The molecule has 5 nitrogen and oxygen atoms in total. The number of benzene rings is 2. The Balaban J connectivity index is 1.29. The number of carbonyl (C=O) groups excluding carboxylic acids is 2. The molecule has 0 radical (unpaired) electrons. The average molecular weight is 481 g/mol. The van der Waals surface area contributed by atoms with E-state index in [9.17, 15) is 14.0 Å². The van der Waals surface area contributed by atoms with Crippen molar-refractivity contribution in [3.63, 3.8) is 0 Å². The molecule has 0 atom stereocenters. The number of hydrogen-bond donors (Lipinski definition) is 1. The predicted molar refractivity (Wildman–Crippen MR) is 134 cm³/mol. The zero-order valence-corrected chi connectivity index (χ0v) is 20.4. The highest BCUT2D eigenvalue weighted by Gasteiger charge is 2.32. The molecule has 1 aliphatic carbocycles. The largest absolute Gasteiger partial charge is 0.330 e. The lowest BCUT2D eigenvalue weighted by atomic mass is 9.94. The molecule has 1 N–H and O–H groups in total. The van der Waals surface area contributed by atoms with Gasteiger partial charge in [-0.1, -0.05) is 36.4 Å². The van der Waals surface area contributed by atoms with E-state index in [1.165, 1.54) is 49.9 Å². The van der Waals surface area contributed by atoms with E-state index < -0.39 is 0 Å². The first kappa shape index (κ1) is 23.1. The number of anilines is 1. The SMILES string of the molecule is CN1C(=O)C(=Cc2ccccc2F)Sc2ccc(C(=O)N3CC[NH+](C4CCCCC4)CC3)cc21. The van der Waals surface area contributed by atoms with E-state index in [4.69, 9.17) is 0 Å². The van der Waals surface area contributed by atoms with E-state index >= 15 is 0 Å². The smallest absolute Gasteiger partial charge is 0.264 e. The Hall–Kier alpha value is -2.64. The number of piperazine rings is 1. The summed E-state index contributed by atoms with van der Waals surface area (Å²) in [6, 6.07) is 12.7. The van der Waals surface area contributed by atoms with Gasteiger partial charge in [0.15, 0.2) is 0 Å². The molecule has 1 saturated heterocycles. The molecule has 7 heteroatoms. The molecule has 2 aromatic rings. The molecule has 3 aliphatic rings. The first-order valence-corrected chi connectivity index (χ1v) is 13.0. The molecular weight excluding hydrogens is 449 g/mol.